The van der Waals surface area contributed by atoms with Crippen molar-refractivity contribution in [1.29, 1.82) is 0 Å². The van der Waals surface area contributed by atoms with Gasteiger partial charge < -0.3 is 5.11 Å². The molecule has 0 aromatic heterocycles. The monoisotopic (exact) mass is 254 g/mol. The van der Waals surface area contributed by atoms with Crippen molar-refractivity contribution < 1.29 is 5.11 Å². The van der Waals surface area contributed by atoms with Gasteiger partial charge in [-0.3, -0.25) is 0 Å². The molecule has 60 valence electrons. The molecule has 10 heavy (non-hydrogen) atoms. The van der Waals surface area contributed by atoms with Crippen molar-refractivity contribution in [2.45, 2.75) is 48.6 Å². The lowest BCUT2D eigenvalue weighted by Crippen LogP contribution is -2.21. The van der Waals surface area contributed by atoms with E-state index < -0.39 is 0 Å². The van der Waals surface area contributed by atoms with E-state index in [0.29, 0.717) is 3.92 Å². The standard InChI is InChI=1S/C8H15IO/c9-7-5-3-1-2-4-6-8(7)10/h7-8,10H,1-6H2. The molecule has 0 saturated heterocycles. The van der Waals surface area contributed by atoms with Crippen molar-refractivity contribution in [2.75, 3.05) is 0 Å². The zero-order valence-electron chi connectivity index (χ0n) is 6.22. The number of halogens is 1. The molecule has 1 saturated carbocycles. The number of aliphatic hydroxyl groups is 1. The van der Waals surface area contributed by atoms with Crippen molar-refractivity contribution in [2.24, 2.45) is 0 Å². The van der Waals surface area contributed by atoms with Gasteiger partial charge in [0.1, 0.15) is 0 Å². The Labute approximate surface area is 76.3 Å². The molecule has 1 aliphatic carbocycles. The Balaban J connectivity index is 2.28. The lowest BCUT2D eigenvalue weighted by atomic mass is 9.99. The fraction of sp³-hybridized carbons (Fsp3) is 1.00. The van der Waals surface area contributed by atoms with Gasteiger partial charge in [0.05, 0.1) is 6.10 Å². The van der Waals surface area contributed by atoms with Crippen LogP contribution in [0.2, 0.25) is 0 Å². The van der Waals surface area contributed by atoms with Gasteiger partial charge in [0.15, 0.2) is 0 Å². The third-order valence-corrected chi connectivity index (χ3v) is 3.60. The number of alkyl halides is 1. The van der Waals surface area contributed by atoms with Gasteiger partial charge in [-0.05, 0) is 12.8 Å². The molecule has 1 fully saturated rings. The van der Waals surface area contributed by atoms with Crippen LogP contribution < -0.4 is 0 Å². The Kier molecular flexibility index (Phi) is 3.99. The Hall–Kier alpha value is 0.690. The number of aliphatic hydroxyl groups excluding tert-OH is 1. The first-order valence-electron chi connectivity index (χ1n) is 4.13. The molecule has 1 N–H and O–H groups in total. The predicted molar refractivity (Wildman–Crippen MR) is 51.5 cm³/mol. The van der Waals surface area contributed by atoms with Crippen LogP contribution >= 0.6 is 22.6 Å². The molecule has 0 radical (unpaired) electrons. The average Bonchev–Trinajstić information content (AvgIpc) is 1.92. The molecular formula is C8H15IO. The second kappa shape index (κ2) is 4.54. The quantitative estimate of drug-likeness (QED) is 0.520. The van der Waals surface area contributed by atoms with Gasteiger partial charge >= 0.3 is 0 Å². The minimum atomic E-state index is -0.0269. The third kappa shape index (κ3) is 2.74. The Morgan fingerprint density at radius 1 is 1.00 bits per heavy atom. The van der Waals surface area contributed by atoms with Gasteiger partial charge in [0.25, 0.3) is 0 Å². The average molecular weight is 254 g/mol. The fourth-order valence-electron chi connectivity index (χ4n) is 1.42. The predicted octanol–water partition coefficient (Wildman–Crippen LogP) is 2.51. The van der Waals surface area contributed by atoms with Gasteiger partial charge in [0.2, 0.25) is 0 Å². The minimum absolute atomic E-state index is 0.0269. The highest BCUT2D eigenvalue weighted by molar-refractivity contribution is 14.1. The summed E-state index contributed by atoms with van der Waals surface area (Å²) in [7, 11) is 0. The molecule has 1 aliphatic rings. The van der Waals surface area contributed by atoms with Crippen LogP contribution in [0.5, 0.6) is 0 Å². The van der Waals surface area contributed by atoms with E-state index in [1.54, 1.807) is 0 Å². The first kappa shape index (κ1) is 8.78. The van der Waals surface area contributed by atoms with Crippen LogP contribution in [0.4, 0.5) is 0 Å². The summed E-state index contributed by atoms with van der Waals surface area (Å²) in [4.78, 5) is 0. The highest BCUT2D eigenvalue weighted by atomic mass is 127. The van der Waals surface area contributed by atoms with E-state index in [9.17, 15) is 5.11 Å². The molecule has 0 bridgehead atoms. The summed E-state index contributed by atoms with van der Waals surface area (Å²) >= 11 is 2.37. The van der Waals surface area contributed by atoms with Gasteiger partial charge in [-0.15, -0.1) is 0 Å². The molecule has 0 spiro atoms. The van der Waals surface area contributed by atoms with Gasteiger partial charge in [-0.25, -0.2) is 0 Å². The molecule has 0 aromatic rings. The molecule has 2 atom stereocenters. The van der Waals surface area contributed by atoms with E-state index in [1.807, 2.05) is 0 Å². The van der Waals surface area contributed by atoms with E-state index in [-0.39, 0.29) is 6.10 Å². The van der Waals surface area contributed by atoms with Crippen LogP contribution in [0.15, 0.2) is 0 Å². The summed E-state index contributed by atoms with van der Waals surface area (Å²) in [5, 5.41) is 9.48. The normalized spacial score (nSPS) is 36.6. The van der Waals surface area contributed by atoms with Crippen LogP contribution in [-0.2, 0) is 0 Å². The van der Waals surface area contributed by atoms with Crippen molar-refractivity contribution >= 4 is 22.6 Å². The summed E-state index contributed by atoms with van der Waals surface area (Å²) in [5.41, 5.74) is 0. The minimum Gasteiger partial charge on any atom is -0.392 e. The molecule has 2 unspecified atom stereocenters. The topological polar surface area (TPSA) is 20.2 Å². The molecule has 2 heteroatoms. The Morgan fingerprint density at radius 3 is 2.30 bits per heavy atom. The van der Waals surface area contributed by atoms with Crippen molar-refractivity contribution in [3.63, 3.8) is 0 Å². The summed E-state index contributed by atoms with van der Waals surface area (Å²) in [5.74, 6) is 0. The number of hydrogen-bond acceptors (Lipinski definition) is 1. The van der Waals surface area contributed by atoms with E-state index in [0.717, 1.165) is 6.42 Å². The van der Waals surface area contributed by atoms with Crippen LogP contribution in [-0.4, -0.2) is 15.1 Å². The second-order valence-electron chi connectivity index (χ2n) is 3.07. The highest BCUT2D eigenvalue weighted by Crippen LogP contribution is 2.22. The number of hydrogen-bond donors (Lipinski definition) is 1. The molecule has 1 rings (SSSR count). The Bertz CT molecular complexity index is 83.3. The van der Waals surface area contributed by atoms with E-state index in [4.69, 9.17) is 0 Å². The van der Waals surface area contributed by atoms with Gasteiger partial charge in [-0.2, -0.15) is 0 Å². The lowest BCUT2D eigenvalue weighted by molar-refractivity contribution is 0.153. The first-order valence-corrected chi connectivity index (χ1v) is 5.37. The van der Waals surface area contributed by atoms with Crippen molar-refractivity contribution in [3.8, 4) is 0 Å². The van der Waals surface area contributed by atoms with Crippen molar-refractivity contribution in [3.05, 3.63) is 0 Å². The second-order valence-corrected chi connectivity index (χ2v) is 4.67. The lowest BCUT2D eigenvalue weighted by Gasteiger charge is -2.19. The van der Waals surface area contributed by atoms with Crippen LogP contribution in [0.25, 0.3) is 0 Å². The zero-order chi connectivity index (χ0) is 7.40. The van der Waals surface area contributed by atoms with Gasteiger partial charge in [0, 0.05) is 3.92 Å². The van der Waals surface area contributed by atoms with Gasteiger partial charge in [-0.1, -0.05) is 48.3 Å². The van der Waals surface area contributed by atoms with Crippen molar-refractivity contribution in [1.82, 2.24) is 0 Å². The largest absolute Gasteiger partial charge is 0.392 e. The maximum absolute atomic E-state index is 9.48. The number of rotatable bonds is 0. The molecule has 1 nitrogen and oxygen atoms in total. The van der Waals surface area contributed by atoms with E-state index >= 15 is 0 Å². The Morgan fingerprint density at radius 2 is 1.60 bits per heavy atom. The van der Waals surface area contributed by atoms with E-state index in [1.165, 1.54) is 32.1 Å². The first-order chi connectivity index (χ1) is 4.80. The summed E-state index contributed by atoms with van der Waals surface area (Å²) in [6.07, 6.45) is 7.42. The smallest absolute Gasteiger partial charge is 0.0657 e. The van der Waals surface area contributed by atoms with E-state index in [2.05, 4.69) is 22.6 Å². The zero-order valence-corrected chi connectivity index (χ0v) is 8.38. The SMILES string of the molecule is OC1CCCCCCC1I. The molecule has 0 amide bonds. The molecule has 0 aliphatic heterocycles. The summed E-state index contributed by atoms with van der Waals surface area (Å²) in [6.45, 7) is 0. The van der Waals surface area contributed by atoms with Crippen LogP contribution in [0.3, 0.4) is 0 Å². The highest BCUT2D eigenvalue weighted by Gasteiger charge is 2.16. The van der Waals surface area contributed by atoms with Crippen LogP contribution in [0.1, 0.15) is 38.5 Å². The third-order valence-electron chi connectivity index (χ3n) is 2.15. The molecule has 0 heterocycles. The summed E-state index contributed by atoms with van der Waals surface area (Å²) < 4.78 is 0.512. The maximum Gasteiger partial charge on any atom is 0.0657 e. The maximum atomic E-state index is 9.48. The van der Waals surface area contributed by atoms with Crippen LogP contribution in [0, 0.1) is 0 Å². The molecule has 0 aromatic carbocycles. The fourth-order valence-corrected chi connectivity index (χ4v) is 2.22. The summed E-state index contributed by atoms with van der Waals surface area (Å²) in [6, 6.07) is 0. The molecular weight excluding hydrogens is 239 g/mol.